The van der Waals surface area contributed by atoms with Crippen LogP contribution in [0.3, 0.4) is 0 Å². The average molecular weight is 278 g/mol. The second-order valence-corrected chi connectivity index (χ2v) is 6.63. The van der Waals surface area contributed by atoms with Crippen molar-refractivity contribution in [2.75, 3.05) is 18.1 Å². The Morgan fingerprint density at radius 2 is 2.21 bits per heavy atom. The van der Waals surface area contributed by atoms with Crippen molar-refractivity contribution in [1.29, 1.82) is 0 Å². The van der Waals surface area contributed by atoms with Gasteiger partial charge in [0, 0.05) is 37.5 Å². The summed E-state index contributed by atoms with van der Waals surface area (Å²) in [5.74, 6) is 1.33. The molecule has 0 aliphatic carbocycles. The molecule has 19 heavy (non-hydrogen) atoms. The minimum absolute atomic E-state index is 0.0968. The molecule has 0 saturated carbocycles. The number of carbonyl (C=O) groups excluding carboxylic acids is 1. The van der Waals surface area contributed by atoms with Gasteiger partial charge in [-0.25, -0.2) is 0 Å². The third kappa shape index (κ3) is 3.66. The first-order valence-electron chi connectivity index (χ1n) is 6.75. The molecule has 2 rings (SSSR count). The molecule has 1 aliphatic rings. The van der Waals surface area contributed by atoms with Crippen LogP contribution in [-0.4, -0.2) is 34.9 Å². The molecule has 1 fully saturated rings. The number of nitrogens with zero attached hydrogens (tertiary/aromatic N) is 1. The second-order valence-electron chi connectivity index (χ2n) is 5.15. The molecule has 1 aromatic carbocycles. The number of thioether (sulfide) groups is 1. The minimum Gasteiger partial charge on any atom is -0.381 e. The molecule has 0 spiro atoms. The molecule has 0 aromatic heterocycles. The number of carbonyl (C=O) groups is 1. The summed E-state index contributed by atoms with van der Waals surface area (Å²) in [7, 11) is 1.84. The molecule has 2 unspecified atom stereocenters. The lowest BCUT2D eigenvalue weighted by atomic mass is 10.1. The first-order chi connectivity index (χ1) is 9.08. The number of para-hydroxylation sites is 1. The molecule has 104 valence electrons. The van der Waals surface area contributed by atoms with E-state index in [9.17, 15) is 4.79 Å². The molecule has 0 radical (unpaired) electrons. The van der Waals surface area contributed by atoms with Crippen LogP contribution in [0, 0.1) is 0 Å². The highest BCUT2D eigenvalue weighted by atomic mass is 32.2. The molecule has 1 heterocycles. The van der Waals surface area contributed by atoms with E-state index >= 15 is 0 Å². The SMILES string of the molecule is CC(=O)N(C)Cc1ccccc1NC1CCSC1C. The normalized spacial score (nSPS) is 22.3. The Morgan fingerprint density at radius 1 is 1.47 bits per heavy atom. The molecular formula is C15H22N2OS. The number of amides is 1. The van der Waals surface area contributed by atoms with Crippen molar-refractivity contribution in [2.45, 2.75) is 38.1 Å². The Morgan fingerprint density at radius 3 is 2.84 bits per heavy atom. The number of rotatable bonds is 4. The zero-order chi connectivity index (χ0) is 13.8. The maximum Gasteiger partial charge on any atom is 0.219 e. The fourth-order valence-electron chi connectivity index (χ4n) is 2.29. The molecule has 2 atom stereocenters. The largest absolute Gasteiger partial charge is 0.381 e. The van der Waals surface area contributed by atoms with E-state index in [1.54, 1.807) is 11.8 Å². The lowest BCUT2D eigenvalue weighted by Crippen LogP contribution is -2.27. The van der Waals surface area contributed by atoms with Gasteiger partial charge in [-0.2, -0.15) is 11.8 Å². The van der Waals surface area contributed by atoms with Crippen LogP contribution >= 0.6 is 11.8 Å². The Kier molecular flexibility index (Phi) is 4.75. The van der Waals surface area contributed by atoms with Crippen LogP contribution in [-0.2, 0) is 11.3 Å². The number of hydrogen-bond acceptors (Lipinski definition) is 3. The van der Waals surface area contributed by atoms with Gasteiger partial charge in [0.1, 0.15) is 0 Å². The topological polar surface area (TPSA) is 32.3 Å². The lowest BCUT2D eigenvalue weighted by molar-refractivity contribution is -0.128. The molecule has 1 saturated heterocycles. The molecule has 1 amide bonds. The van der Waals surface area contributed by atoms with Gasteiger partial charge in [-0.3, -0.25) is 4.79 Å². The predicted octanol–water partition coefficient (Wildman–Crippen LogP) is 2.97. The minimum atomic E-state index is 0.0968. The summed E-state index contributed by atoms with van der Waals surface area (Å²) in [5.41, 5.74) is 2.35. The van der Waals surface area contributed by atoms with Gasteiger partial charge in [0.25, 0.3) is 0 Å². The van der Waals surface area contributed by atoms with Gasteiger partial charge in [0.05, 0.1) is 0 Å². The van der Waals surface area contributed by atoms with E-state index in [0.29, 0.717) is 17.8 Å². The van der Waals surface area contributed by atoms with Crippen molar-refractivity contribution in [3.05, 3.63) is 29.8 Å². The van der Waals surface area contributed by atoms with Crippen LogP contribution in [0.4, 0.5) is 5.69 Å². The molecule has 4 heteroatoms. The van der Waals surface area contributed by atoms with Crippen LogP contribution in [0.15, 0.2) is 24.3 Å². The van der Waals surface area contributed by atoms with Gasteiger partial charge in [-0.15, -0.1) is 0 Å². The first kappa shape index (κ1) is 14.3. The molecular weight excluding hydrogens is 256 g/mol. The van der Waals surface area contributed by atoms with Crippen molar-refractivity contribution in [3.63, 3.8) is 0 Å². The third-order valence-corrected chi connectivity index (χ3v) is 5.01. The third-order valence-electron chi connectivity index (χ3n) is 3.68. The van der Waals surface area contributed by atoms with Gasteiger partial charge in [-0.1, -0.05) is 25.1 Å². The highest BCUT2D eigenvalue weighted by Crippen LogP contribution is 2.30. The van der Waals surface area contributed by atoms with Gasteiger partial charge < -0.3 is 10.2 Å². The Hall–Kier alpha value is -1.16. The highest BCUT2D eigenvalue weighted by Gasteiger charge is 2.24. The summed E-state index contributed by atoms with van der Waals surface area (Å²) >= 11 is 2.02. The smallest absolute Gasteiger partial charge is 0.219 e. The predicted molar refractivity (Wildman–Crippen MR) is 82.5 cm³/mol. The fourth-order valence-corrected chi connectivity index (χ4v) is 3.49. The van der Waals surface area contributed by atoms with E-state index in [0.717, 1.165) is 5.69 Å². The number of hydrogen-bond donors (Lipinski definition) is 1. The van der Waals surface area contributed by atoms with Crippen molar-refractivity contribution in [2.24, 2.45) is 0 Å². The maximum absolute atomic E-state index is 11.4. The van der Waals surface area contributed by atoms with Crippen LogP contribution < -0.4 is 5.32 Å². The quantitative estimate of drug-likeness (QED) is 0.919. The molecule has 1 aliphatic heterocycles. The number of benzene rings is 1. The Bertz CT molecular complexity index is 450. The molecule has 3 nitrogen and oxygen atoms in total. The van der Waals surface area contributed by atoms with Crippen LogP contribution in [0.2, 0.25) is 0 Å². The summed E-state index contributed by atoms with van der Waals surface area (Å²) in [5, 5.41) is 4.30. The van der Waals surface area contributed by atoms with E-state index in [1.807, 2.05) is 30.9 Å². The lowest BCUT2D eigenvalue weighted by Gasteiger charge is -2.22. The van der Waals surface area contributed by atoms with Gasteiger partial charge >= 0.3 is 0 Å². The summed E-state index contributed by atoms with van der Waals surface area (Å²) < 4.78 is 0. The standard InChI is InChI=1S/C15H22N2OS/c1-11-14(8-9-19-11)16-15-7-5-4-6-13(15)10-17(3)12(2)18/h4-7,11,14,16H,8-10H2,1-3H3. The monoisotopic (exact) mass is 278 g/mol. The van der Waals surface area contributed by atoms with Crippen LogP contribution in [0.5, 0.6) is 0 Å². The maximum atomic E-state index is 11.4. The van der Waals surface area contributed by atoms with Crippen molar-refractivity contribution in [3.8, 4) is 0 Å². The highest BCUT2D eigenvalue weighted by molar-refractivity contribution is 8.00. The average Bonchev–Trinajstić information content (AvgIpc) is 2.77. The van der Waals surface area contributed by atoms with E-state index in [2.05, 4.69) is 24.4 Å². The van der Waals surface area contributed by atoms with E-state index < -0.39 is 0 Å². The van der Waals surface area contributed by atoms with E-state index in [4.69, 9.17) is 0 Å². The summed E-state index contributed by atoms with van der Waals surface area (Å²) in [6.45, 7) is 4.54. The summed E-state index contributed by atoms with van der Waals surface area (Å²) in [6.07, 6.45) is 1.21. The molecule has 1 aromatic rings. The van der Waals surface area contributed by atoms with Gasteiger partial charge in [-0.05, 0) is 23.8 Å². The number of nitrogens with one attached hydrogen (secondary N) is 1. The summed E-state index contributed by atoms with van der Waals surface area (Å²) in [6, 6.07) is 8.81. The zero-order valence-corrected chi connectivity index (χ0v) is 12.7. The Labute approximate surface area is 119 Å². The Balaban J connectivity index is 2.09. The molecule has 0 bridgehead atoms. The fraction of sp³-hybridized carbons (Fsp3) is 0.533. The van der Waals surface area contributed by atoms with Crippen molar-refractivity contribution in [1.82, 2.24) is 4.90 Å². The molecule has 1 N–H and O–H groups in total. The van der Waals surface area contributed by atoms with Crippen molar-refractivity contribution < 1.29 is 4.79 Å². The summed E-state index contributed by atoms with van der Waals surface area (Å²) in [4.78, 5) is 13.1. The zero-order valence-electron chi connectivity index (χ0n) is 11.8. The van der Waals surface area contributed by atoms with Crippen LogP contribution in [0.25, 0.3) is 0 Å². The van der Waals surface area contributed by atoms with E-state index in [-0.39, 0.29) is 5.91 Å². The van der Waals surface area contributed by atoms with Crippen molar-refractivity contribution >= 4 is 23.4 Å². The van der Waals surface area contributed by atoms with Gasteiger partial charge in [0.15, 0.2) is 0 Å². The van der Waals surface area contributed by atoms with Crippen LogP contribution in [0.1, 0.15) is 25.8 Å². The first-order valence-corrected chi connectivity index (χ1v) is 7.80. The number of anilines is 1. The van der Waals surface area contributed by atoms with Gasteiger partial charge in [0.2, 0.25) is 5.91 Å². The van der Waals surface area contributed by atoms with E-state index in [1.165, 1.54) is 17.7 Å². The second kappa shape index (κ2) is 6.33.